The van der Waals surface area contributed by atoms with Crippen molar-refractivity contribution in [3.05, 3.63) is 94.7 Å². The van der Waals surface area contributed by atoms with E-state index in [1.807, 2.05) is 68.4 Å². The van der Waals surface area contributed by atoms with E-state index >= 15 is 0 Å². The fourth-order valence-corrected chi connectivity index (χ4v) is 3.51. The minimum Gasteiger partial charge on any atom is -0.497 e. The van der Waals surface area contributed by atoms with Crippen LogP contribution in [0.4, 0.5) is 5.69 Å². The van der Waals surface area contributed by atoms with E-state index in [1.54, 1.807) is 19.2 Å². The van der Waals surface area contributed by atoms with Crippen molar-refractivity contribution in [1.82, 2.24) is 10.3 Å². The maximum Gasteiger partial charge on any atom is 0.270 e. The van der Waals surface area contributed by atoms with Crippen molar-refractivity contribution in [1.29, 1.82) is 0 Å². The monoisotopic (exact) mass is 427 g/mol. The number of aryl methyl sites for hydroxylation is 2. The van der Waals surface area contributed by atoms with E-state index in [9.17, 15) is 9.59 Å². The van der Waals surface area contributed by atoms with Gasteiger partial charge in [-0.1, -0.05) is 41.5 Å². The predicted octanol–water partition coefficient (Wildman–Crippen LogP) is 4.98. The summed E-state index contributed by atoms with van der Waals surface area (Å²) in [7, 11) is 1.61. The quantitative estimate of drug-likeness (QED) is 0.406. The van der Waals surface area contributed by atoms with Gasteiger partial charge in [0.2, 0.25) is 0 Å². The molecule has 162 valence electrons. The first-order chi connectivity index (χ1) is 15.4. The molecule has 0 radical (unpaired) electrons. The third-order valence-electron chi connectivity index (χ3n) is 5.35. The van der Waals surface area contributed by atoms with Crippen LogP contribution in [0.25, 0.3) is 10.9 Å². The van der Waals surface area contributed by atoms with E-state index in [-0.39, 0.29) is 11.8 Å². The minimum atomic E-state index is -0.297. The molecule has 6 heteroatoms. The number of methoxy groups -OCH3 is 1. The molecular formula is C26H25N3O3. The summed E-state index contributed by atoms with van der Waals surface area (Å²) in [6, 6.07) is 20.6. The zero-order valence-electron chi connectivity index (χ0n) is 18.3. The molecule has 0 aliphatic heterocycles. The fourth-order valence-electron chi connectivity index (χ4n) is 3.51. The van der Waals surface area contributed by atoms with Crippen molar-refractivity contribution in [2.45, 2.75) is 20.4 Å². The molecule has 1 heterocycles. The largest absolute Gasteiger partial charge is 0.497 e. The van der Waals surface area contributed by atoms with Gasteiger partial charge in [0.25, 0.3) is 11.8 Å². The van der Waals surface area contributed by atoms with Crippen LogP contribution in [0.3, 0.4) is 0 Å². The average Bonchev–Trinajstić information content (AvgIpc) is 3.15. The van der Waals surface area contributed by atoms with Crippen LogP contribution in [-0.2, 0) is 6.54 Å². The highest BCUT2D eigenvalue weighted by Gasteiger charge is 2.20. The van der Waals surface area contributed by atoms with Crippen molar-refractivity contribution in [2.75, 3.05) is 12.4 Å². The van der Waals surface area contributed by atoms with Crippen LogP contribution in [0.5, 0.6) is 5.75 Å². The summed E-state index contributed by atoms with van der Waals surface area (Å²) < 4.78 is 5.17. The van der Waals surface area contributed by atoms with Gasteiger partial charge in [-0.05, 0) is 55.8 Å². The van der Waals surface area contributed by atoms with Crippen LogP contribution in [0.1, 0.15) is 37.5 Å². The number of rotatable bonds is 6. The number of amides is 2. The molecule has 4 rings (SSSR count). The van der Waals surface area contributed by atoms with Gasteiger partial charge in [-0.2, -0.15) is 0 Å². The van der Waals surface area contributed by atoms with E-state index in [4.69, 9.17) is 4.74 Å². The second kappa shape index (κ2) is 8.98. The van der Waals surface area contributed by atoms with Crippen molar-refractivity contribution < 1.29 is 14.3 Å². The lowest BCUT2D eigenvalue weighted by molar-refractivity contribution is 0.0947. The number of aromatic nitrogens is 1. The number of benzene rings is 3. The number of hydrogen-bond donors (Lipinski definition) is 3. The van der Waals surface area contributed by atoms with Crippen LogP contribution in [0.2, 0.25) is 0 Å². The molecule has 4 aromatic rings. The summed E-state index contributed by atoms with van der Waals surface area (Å²) in [5, 5.41) is 6.66. The Morgan fingerprint density at radius 3 is 2.25 bits per heavy atom. The summed E-state index contributed by atoms with van der Waals surface area (Å²) in [6.45, 7) is 4.29. The molecular weight excluding hydrogens is 402 g/mol. The minimum absolute atomic E-state index is 0.267. The lowest BCUT2D eigenvalue weighted by Crippen LogP contribution is -2.25. The van der Waals surface area contributed by atoms with Crippen LogP contribution >= 0.6 is 0 Å². The Morgan fingerprint density at radius 2 is 1.56 bits per heavy atom. The van der Waals surface area contributed by atoms with Crippen LogP contribution in [0, 0.1) is 13.8 Å². The molecule has 3 N–H and O–H groups in total. The van der Waals surface area contributed by atoms with E-state index in [2.05, 4.69) is 15.6 Å². The normalized spacial score (nSPS) is 10.7. The van der Waals surface area contributed by atoms with Crippen LogP contribution in [-0.4, -0.2) is 23.9 Å². The molecule has 0 bridgehead atoms. The molecule has 0 unspecified atom stereocenters. The molecule has 0 saturated carbocycles. The van der Waals surface area contributed by atoms with Crippen LogP contribution in [0.15, 0.2) is 66.7 Å². The lowest BCUT2D eigenvalue weighted by atomic mass is 10.1. The Morgan fingerprint density at radius 1 is 0.875 bits per heavy atom. The molecule has 0 fully saturated rings. The maximum absolute atomic E-state index is 13.1. The number of anilines is 1. The zero-order valence-corrected chi connectivity index (χ0v) is 18.3. The third kappa shape index (κ3) is 4.49. The second-order valence-corrected chi connectivity index (χ2v) is 7.77. The average molecular weight is 428 g/mol. The van der Waals surface area contributed by atoms with Crippen molar-refractivity contribution >= 4 is 28.4 Å². The molecule has 0 aliphatic rings. The second-order valence-electron chi connectivity index (χ2n) is 7.77. The molecule has 6 nitrogen and oxygen atoms in total. The summed E-state index contributed by atoms with van der Waals surface area (Å²) >= 11 is 0. The topological polar surface area (TPSA) is 83.2 Å². The third-order valence-corrected chi connectivity index (χ3v) is 5.35. The van der Waals surface area contributed by atoms with Crippen molar-refractivity contribution in [2.24, 2.45) is 0 Å². The zero-order chi connectivity index (χ0) is 22.7. The number of fused-ring (bicyclic) bond motifs is 1. The smallest absolute Gasteiger partial charge is 0.270 e. The molecule has 3 aromatic carbocycles. The lowest BCUT2D eigenvalue weighted by Gasteiger charge is -2.09. The first kappa shape index (κ1) is 21.2. The number of carbonyl (C=O) groups is 2. The molecule has 32 heavy (non-hydrogen) atoms. The Bertz CT molecular complexity index is 1270. The van der Waals surface area contributed by atoms with Gasteiger partial charge in [0.05, 0.1) is 12.8 Å². The molecule has 0 aliphatic carbocycles. The van der Waals surface area contributed by atoms with Gasteiger partial charge < -0.3 is 20.4 Å². The number of nitrogens with one attached hydrogen (secondary N) is 3. The van der Waals surface area contributed by atoms with Gasteiger partial charge >= 0.3 is 0 Å². The maximum atomic E-state index is 13.1. The molecule has 0 saturated heterocycles. The van der Waals surface area contributed by atoms with E-state index in [0.29, 0.717) is 23.5 Å². The van der Waals surface area contributed by atoms with Crippen LogP contribution < -0.4 is 15.4 Å². The van der Waals surface area contributed by atoms with Gasteiger partial charge in [-0.3, -0.25) is 9.59 Å². The molecule has 2 amide bonds. The molecule has 0 spiro atoms. The highest BCUT2D eigenvalue weighted by atomic mass is 16.5. The first-order valence-corrected chi connectivity index (χ1v) is 10.4. The van der Waals surface area contributed by atoms with E-state index in [1.165, 1.54) is 0 Å². The number of carbonyl (C=O) groups excluding carboxylic acids is 2. The molecule has 1 aromatic heterocycles. The number of H-pyrrole nitrogens is 1. The molecule has 0 atom stereocenters. The van der Waals surface area contributed by atoms with Crippen molar-refractivity contribution in [3.8, 4) is 5.75 Å². The van der Waals surface area contributed by atoms with E-state index in [0.717, 1.165) is 33.3 Å². The summed E-state index contributed by atoms with van der Waals surface area (Å²) in [4.78, 5) is 29.1. The summed E-state index contributed by atoms with van der Waals surface area (Å²) in [6.07, 6.45) is 0. The van der Waals surface area contributed by atoms with Gasteiger partial charge in [-0.15, -0.1) is 0 Å². The number of hydrogen-bond acceptors (Lipinski definition) is 3. The van der Waals surface area contributed by atoms with Gasteiger partial charge in [0.15, 0.2) is 0 Å². The Hall–Kier alpha value is -4.06. The fraction of sp³-hybridized carbons (Fsp3) is 0.154. The Kier molecular flexibility index (Phi) is 5.94. The SMILES string of the molecule is COc1ccc(CNC(=O)c2[nH]c3ccc(C)cc3c2NC(=O)c2ccc(C)cc2)cc1. The first-order valence-electron chi connectivity index (χ1n) is 10.4. The van der Waals surface area contributed by atoms with Crippen molar-refractivity contribution in [3.63, 3.8) is 0 Å². The van der Waals surface area contributed by atoms with Gasteiger partial charge in [0.1, 0.15) is 11.4 Å². The van der Waals surface area contributed by atoms with Gasteiger partial charge in [-0.25, -0.2) is 0 Å². The highest BCUT2D eigenvalue weighted by molar-refractivity contribution is 6.15. The van der Waals surface area contributed by atoms with E-state index < -0.39 is 0 Å². The predicted molar refractivity (Wildman–Crippen MR) is 126 cm³/mol. The summed E-state index contributed by atoms with van der Waals surface area (Å²) in [5.41, 5.74) is 5.15. The van der Waals surface area contributed by atoms with Gasteiger partial charge in [0, 0.05) is 23.0 Å². The Balaban J connectivity index is 1.61. The number of aromatic amines is 1. The standard InChI is InChI=1S/C26H25N3O3/c1-16-4-9-19(10-5-16)25(30)29-23-21-14-17(2)6-13-22(21)28-24(23)26(31)27-15-18-7-11-20(32-3)12-8-18/h4-14,28H,15H2,1-3H3,(H,27,31)(H,29,30). The Labute approximate surface area is 186 Å². The summed E-state index contributed by atoms with van der Waals surface area (Å²) in [5.74, 6) is 0.192. The highest BCUT2D eigenvalue weighted by Crippen LogP contribution is 2.29. The number of ether oxygens (including phenoxy) is 1.